The van der Waals surface area contributed by atoms with Crippen LogP contribution in [-0.4, -0.2) is 88.9 Å². The standard InChI is InChI=1S/C40H52N6O7/c1-8-52-33-22(2)15-25(16-23(33)3)30-19-40(53-45-30)20-31(36(49)43-29(17-24-12-13-24)32(47)37(50)41-7)46(21-40)38(51)34(39(4,5)6)44-35(48)27-18-26(27)28-11-9-10-14-42-28/h9-11,14-16,24,26-27,29,31,34H,8,12-13,17-21H2,1-7H3,(H,41,50)(H,43,49)(H,44,48)/t26?,27-,29+,31+,34-,40-/m1/s1. The molecule has 1 saturated heterocycles. The Labute approximate surface area is 311 Å². The van der Waals surface area contributed by atoms with E-state index in [0.29, 0.717) is 31.6 Å². The first kappa shape index (κ1) is 37.9. The lowest BCUT2D eigenvalue weighted by molar-refractivity contribution is -0.145. The molecule has 2 aliphatic heterocycles. The highest BCUT2D eigenvalue weighted by atomic mass is 16.7. The predicted molar refractivity (Wildman–Crippen MR) is 197 cm³/mol. The Morgan fingerprint density at radius 3 is 2.38 bits per heavy atom. The lowest BCUT2D eigenvalue weighted by Crippen LogP contribution is -2.59. The van der Waals surface area contributed by atoms with Gasteiger partial charge in [-0.3, -0.25) is 29.0 Å². The molecule has 0 radical (unpaired) electrons. The fourth-order valence-electron chi connectivity index (χ4n) is 7.71. The molecule has 1 spiro atoms. The third-order valence-electron chi connectivity index (χ3n) is 10.9. The van der Waals surface area contributed by atoms with Crippen LogP contribution in [0.2, 0.25) is 0 Å². The Morgan fingerprint density at radius 1 is 1.06 bits per heavy atom. The number of amides is 4. The normalized spacial score (nSPS) is 24.5. The number of likely N-dealkylation sites (N-methyl/N-ethyl adjacent to an activating group) is 1. The zero-order valence-corrected chi connectivity index (χ0v) is 31.8. The van der Waals surface area contributed by atoms with Gasteiger partial charge in [0.05, 0.1) is 24.9 Å². The number of nitrogens with one attached hydrogen (secondary N) is 3. The average Bonchev–Trinajstić information content (AvgIpc) is 4.05. The maximum absolute atomic E-state index is 14.8. The summed E-state index contributed by atoms with van der Waals surface area (Å²) in [6, 6.07) is 6.55. The molecule has 4 amide bonds. The third-order valence-corrected chi connectivity index (χ3v) is 10.9. The Kier molecular flexibility index (Phi) is 10.7. The van der Waals surface area contributed by atoms with E-state index in [1.54, 1.807) is 6.20 Å². The molecule has 1 unspecified atom stereocenters. The second-order valence-electron chi connectivity index (χ2n) is 16.2. The van der Waals surface area contributed by atoms with Crippen molar-refractivity contribution in [2.24, 2.45) is 22.4 Å². The van der Waals surface area contributed by atoms with Gasteiger partial charge in [-0.25, -0.2) is 0 Å². The molecule has 284 valence electrons. The van der Waals surface area contributed by atoms with Crippen LogP contribution in [0.25, 0.3) is 0 Å². The Bertz CT molecular complexity index is 1780. The number of Topliss-reactive ketones (excluding diaryl/α,β-unsaturated/α-hetero) is 1. The van der Waals surface area contributed by atoms with E-state index >= 15 is 0 Å². The predicted octanol–water partition coefficient (Wildman–Crippen LogP) is 3.50. The SMILES string of the molecule is CCOc1c(C)cc(C2=NO[C@]3(C2)C[C@@H](C(=O)N[C@@H](CC2CC2)C(=O)C(=O)NC)N(C(=O)[C@@H](NC(=O)[C@@H]2CC2c2ccccn2)C(C)(C)C)C3)cc1C. The van der Waals surface area contributed by atoms with Crippen molar-refractivity contribution in [3.05, 3.63) is 58.9 Å². The Morgan fingerprint density at radius 2 is 1.77 bits per heavy atom. The van der Waals surface area contributed by atoms with E-state index in [0.717, 1.165) is 41.0 Å². The van der Waals surface area contributed by atoms with E-state index in [1.165, 1.54) is 11.9 Å². The van der Waals surface area contributed by atoms with Gasteiger partial charge in [0.25, 0.3) is 5.91 Å². The van der Waals surface area contributed by atoms with Crippen LogP contribution in [0.4, 0.5) is 0 Å². The zero-order chi connectivity index (χ0) is 38.2. The van der Waals surface area contributed by atoms with Gasteiger partial charge < -0.3 is 30.4 Å². The molecule has 2 saturated carbocycles. The van der Waals surface area contributed by atoms with E-state index in [1.807, 2.05) is 71.9 Å². The number of nitrogens with zero attached hydrogens (tertiary/aromatic N) is 3. The summed E-state index contributed by atoms with van der Waals surface area (Å²) in [7, 11) is 1.38. The summed E-state index contributed by atoms with van der Waals surface area (Å²) in [5, 5.41) is 12.7. The number of carbonyl (C=O) groups is 5. The number of oxime groups is 1. The second-order valence-corrected chi connectivity index (χ2v) is 16.2. The summed E-state index contributed by atoms with van der Waals surface area (Å²) in [6.45, 7) is 12.1. The summed E-state index contributed by atoms with van der Waals surface area (Å²) >= 11 is 0. The molecule has 3 N–H and O–H groups in total. The number of aryl methyl sites for hydroxylation is 2. The first-order chi connectivity index (χ1) is 25.1. The second kappa shape index (κ2) is 14.9. The number of ether oxygens (including phenoxy) is 1. The minimum absolute atomic E-state index is 0.0286. The summed E-state index contributed by atoms with van der Waals surface area (Å²) < 4.78 is 5.84. The number of rotatable bonds is 13. The smallest absolute Gasteiger partial charge is 0.289 e. The average molecular weight is 729 g/mol. The molecule has 1 aromatic heterocycles. The van der Waals surface area contributed by atoms with Crippen LogP contribution in [-0.2, 0) is 28.8 Å². The monoisotopic (exact) mass is 728 g/mol. The summed E-state index contributed by atoms with van der Waals surface area (Å²) in [5.41, 5.74) is 2.54. The Hall–Kier alpha value is -4.81. The van der Waals surface area contributed by atoms with Gasteiger partial charge in [0.2, 0.25) is 23.5 Å². The van der Waals surface area contributed by atoms with Gasteiger partial charge in [-0.1, -0.05) is 44.8 Å². The number of ketones is 1. The fourth-order valence-corrected chi connectivity index (χ4v) is 7.71. The van der Waals surface area contributed by atoms with Crippen molar-refractivity contribution < 1.29 is 33.5 Å². The zero-order valence-electron chi connectivity index (χ0n) is 31.8. The fraction of sp³-hybridized carbons (Fsp3) is 0.575. The molecule has 1 aromatic carbocycles. The van der Waals surface area contributed by atoms with E-state index < -0.39 is 52.6 Å². The van der Waals surface area contributed by atoms with Crippen molar-refractivity contribution in [3.63, 3.8) is 0 Å². The highest BCUT2D eigenvalue weighted by Crippen LogP contribution is 2.47. The molecule has 4 aliphatic rings. The van der Waals surface area contributed by atoms with Gasteiger partial charge in [-0.2, -0.15) is 0 Å². The number of carbonyl (C=O) groups excluding carboxylic acids is 5. The van der Waals surface area contributed by atoms with Gasteiger partial charge in [-0.05, 0) is 80.3 Å². The van der Waals surface area contributed by atoms with Crippen LogP contribution in [0.1, 0.15) is 94.5 Å². The quantitative estimate of drug-likeness (QED) is 0.264. The number of hydrogen-bond acceptors (Lipinski definition) is 9. The minimum atomic E-state index is -1.05. The highest BCUT2D eigenvalue weighted by Gasteiger charge is 2.56. The largest absolute Gasteiger partial charge is 0.493 e. The molecule has 0 bridgehead atoms. The van der Waals surface area contributed by atoms with Crippen LogP contribution in [0, 0.1) is 31.1 Å². The van der Waals surface area contributed by atoms with E-state index in [2.05, 4.69) is 26.1 Å². The van der Waals surface area contributed by atoms with Gasteiger partial charge in [0, 0.05) is 49.2 Å². The number of likely N-dealkylation sites (tertiary alicyclic amines) is 1. The molecule has 2 aromatic rings. The van der Waals surface area contributed by atoms with E-state index in [4.69, 9.17) is 9.57 Å². The maximum atomic E-state index is 14.8. The Balaban J connectivity index is 1.26. The van der Waals surface area contributed by atoms with Gasteiger partial charge in [0.1, 0.15) is 17.8 Å². The molecule has 53 heavy (non-hydrogen) atoms. The summed E-state index contributed by atoms with van der Waals surface area (Å²) in [5.74, 6) is -2.04. The maximum Gasteiger partial charge on any atom is 0.289 e. The molecule has 13 nitrogen and oxygen atoms in total. The van der Waals surface area contributed by atoms with E-state index in [9.17, 15) is 24.0 Å². The lowest BCUT2D eigenvalue weighted by Gasteiger charge is -2.35. The van der Waals surface area contributed by atoms with Crippen LogP contribution >= 0.6 is 0 Å². The number of pyridine rings is 1. The number of aromatic nitrogens is 1. The van der Waals surface area contributed by atoms with Crippen LogP contribution in [0.5, 0.6) is 5.75 Å². The molecule has 3 fully saturated rings. The van der Waals surface area contributed by atoms with Gasteiger partial charge in [-0.15, -0.1) is 0 Å². The van der Waals surface area contributed by atoms with Gasteiger partial charge in [0.15, 0.2) is 5.60 Å². The van der Waals surface area contributed by atoms with E-state index in [-0.39, 0.29) is 36.6 Å². The van der Waals surface area contributed by atoms with Crippen LogP contribution < -0.4 is 20.7 Å². The minimum Gasteiger partial charge on any atom is -0.493 e. The summed E-state index contributed by atoms with van der Waals surface area (Å²) in [4.78, 5) is 80.3. The van der Waals surface area contributed by atoms with Gasteiger partial charge >= 0.3 is 0 Å². The number of hydrogen-bond donors (Lipinski definition) is 3. The van der Waals surface area contributed by atoms with Crippen LogP contribution in [0.3, 0.4) is 0 Å². The van der Waals surface area contributed by atoms with Crippen molar-refractivity contribution in [1.29, 1.82) is 0 Å². The molecule has 13 heteroatoms. The number of benzene rings is 1. The summed E-state index contributed by atoms with van der Waals surface area (Å²) in [6.07, 6.45) is 4.93. The lowest BCUT2D eigenvalue weighted by atomic mass is 9.85. The van der Waals surface area contributed by atoms with Crippen molar-refractivity contribution in [2.45, 2.75) is 110 Å². The highest BCUT2D eigenvalue weighted by molar-refractivity contribution is 6.38. The molecule has 2 aliphatic carbocycles. The molecule has 6 rings (SSSR count). The molecule has 6 atom stereocenters. The van der Waals surface area contributed by atoms with Crippen molar-refractivity contribution in [3.8, 4) is 5.75 Å². The van der Waals surface area contributed by atoms with Crippen molar-refractivity contribution >= 4 is 35.1 Å². The third kappa shape index (κ3) is 8.23. The first-order valence-electron chi connectivity index (χ1n) is 18.7. The first-order valence-corrected chi connectivity index (χ1v) is 18.7. The molecule has 3 heterocycles. The van der Waals surface area contributed by atoms with Crippen LogP contribution in [0.15, 0.2) is 41.7 Å². The van der Waals surface area contributed by atoms with Crippen molar-refractivity contribution in [1.82, 2.24) is 25.8 Å². The van der Waals surface area contributed by atoms with Crippen molar-refractivity contribution in [2.75, 3.05) is 20.2 Å². The topological polar surface area (TPSA) is 168 Å². The molecular weight excluding hydrogens is 676 g/mol. The molecular formula is C40H52N6O7.